The Labute approximate surface area is 142 Å². The lowest BCUT2D eigenvalue weighted by atomic mass is 10.0. The maximum Gasteiger partial charge on any atom is 0.324 e. The number of fused-ring (bicyclic) bond motifs is 1. The van der Waals surface area contributed by atoms with Crippen LogP contribution in [0.3, 0.4) is 0 Å². The maximum atomic E-state index is 12.3. The molecule has 1 aromatic carbocycles. The van der Waals surface area contributed by atoms with E-state index in [4.69, 9.17) is 0 Å². The fourth-order valence-corrected chi connectivity index (χ4v) is 4.15. The van der Waals surface area contributed by atoms with E-state index < -0.39 is 21.9 Å². The van der Waals surface area contributed by atoms with Gasteiger partial charge in [-0.2, -0.15) is 0 Å². The van der Waals surface area contributed by atoms with Crippen molar-refractivity contribution in [3.63, 3.8) is 0 Å². The Morgan fingerprint density at radius 1 is 1.12 bits per heavy atom. The molecule has 0 aromatic heterocycles. The summed E-state index contributed by atoms with van der Waals surface area (Å²) in [5, 5.41) is 2.59. The fourth-order valence-electron chi connectivity index (χ4n) is 3.48. The Morgan fingerprint density at radius 2 is 1.75 bits per heavy atom. The molecular formula is C17H22N2O4S. The summed E-state index contributed by atoms with van der Waals surface area (Å²) in [6, 6.07) is 7.20. The van der Waals surface area contributed by atoms with Crippen LogP contribution in [0.25, 0.3) is 0 Å². The Morgan fingerprint density at radius 3 is 2.33 bits per heavy atom. The minimum atomic E-state index is -3.15. The largest absolute Gasteiger partial charge is 0.326 e. The molecule has 1 N–H and O–H groups in total. The van der Waals surface area contributed by atoms with Gasteiger partial charge in [0.15, 0.2) is 0 Å². The lowest BCUT2D eigenvalue weighted by molar-refractivity contribution is -0.127. The number of sulfone groups is 1. The summed E-state index contributed by atoms with van der Waals surface area (Å²) in [7, 11) is -3.15. The highest BCUT2D eigenvalue weighted by molar-refractivity contribution is 7.90. The zero-order valence-corrected chi connectivity index (χ0v) is 14.5. The summed E-state index contributed by atoms with van der Waals surface area (Å²) >= 11 is 0. The molecule has 1 fully saturated rings. The molecule has 1 atom stereocenters. The molecule has 0 bridgehead atoms. The third-order valence-corrected chi connectivity index (χ3v) is 5.76. The van der Waals surface area contributed by atoms with Crippen LogP contribution in [-0.4, -0.2) is 49.9 Å². The van der Waals surface area contributed by atoms with Gasteiger partial charge in [0, 0.05) is 12.8 Å². The van der Waals surface area contributed by atoms with Crippen molar-refractivity contribution in [2.75, 3.05) is 18.6 Å². The maximum absolute atomic E-state index is 12.3. The van der Waals surface area contributed by atoms with Crippen LogP contribution < -0.4 is 5.32 Å². The van der Waals surface area contributed by atoms with Crippen molar-refractivity contribution in [1.82, 2.24) is 10.2 Å². The first-order valence-corrected chi connectivity index (χ1v) is 10.3. The first-order chi connectivity index (χ1) is 11.3. The molecule has 3 rings (SSSR count). The van der Waals surface area contributed by atoms with Crippen LogP contribution in [-0.2, 0) is 27.5 Å². The van der Waals surface area contributed by atoms with Gasteiger partial charge in [0.1, 0.15) is 15.9 Å². The summed E-state index contributed by atoms with van der Waals surface area (Å²) in [5.41, 5.74) is 2.71. The van der Waals surface area contributed by atoms with Crippen LogP contribution in [0.15, 0.2) is 24.3 Å². The molecule has 2 aliphatic rings. The molecule has 1 aliphatic carbocycles. The quantitative estimate of drug-likeness (QED) is 0.780. The minimum Gasteiger partial charge on any atom is -0.326 e. The second-order valence-corrected chi connectivity index (χ2v) is 9.00. The van der Waals surface area contributed by atoms with Gasteiger partial charge in [-0.05, 0) is 42.7 Å². The standard InChI is InChI=1S/C17H22N2O4S/c1-24(22,23)9-7-15-16(20)19(17(21)18-15)8-6-12-10-13-4-2-3-5-14(13)11-12/h2-5,12,15H,6-11H2,1H3,(H,18,21)/t15-/m1/s1. The summed E-state index contributed by atoms with van der Waals surface area (Å²) < 4.78 is 22.5. The lowest BCUT2D eigenvalue weighted by Gasteiger charge is -2.16. The number of imide groups is 1. The van der Waals surface area contributed by atoms with Crippen LogP contribution in [0.4, 0.5) is 4.79 Å². The van der Waals surface area contributed by atoms with Crippen molar-refractivity contribution in [2.45, 2.75) is 31.7 Å². The number of hydrogen-bond donors (Lipinski definition) is 1. The van der Waals surface area contributed by atoms with Crippen LogP contribution in [0, 0.1) is 5.92 Å². The molecule has 6 nitrogen and oxygen atoms in total. The van der Waals surface area contributed by atoms with Gasteiger partial charge in [-0.3, -0.25) is 9.69 Å². The van der Waals surface area contributed by atoms with Crippen molar-refractivity contribution < 1.29 is 18.0 Å². The van der Waals surface area contributed by atoms with Crippen molar-refractivity contribution in [3.05, 3.63) is 35.4 Å². The summed E-state index contributed by atoms with van der Waals surface area (Å²) in [6.07, 6.45) is 4.00. The van der Waals surface area contributed by atoms with E-state index in [0.29, 0.717) is 12.5 Å². The van der Waals surface area contributed by atoms with Gasteiger partial charge in [0.05, 0.1) is 5.75 Å². The normalized spacial score (nSPS) is 21.2. The van der Waals surface area contributed by atoms with E-state index in [9.17, 15) is 18.0 Å². The molecular weight excluding hydrogens is 328 g/mol. The third-order valence-electron chi connectivity index (χ3n) is 4.78. The van der Waals surface area contributed by atoms with Crippen LogP contribution in [0.1, 0.15) is 24.0 Å². The summed E-state index contributed by atoms with van der Waals surface area (Å²) in [5.74, 6) is 0.0346. The van der Waals surface area contributed by atoms with Gasteiger partial charge in [0.25, 0.3) is 5.91 Å². The smallest absolute Gasteiger partial charge is 0.324 e. The number of amides is 3. The Hall–Kier alpha value is -1.89. The summed E-state index contributed by atoms with van der Waals surface area (Å²) in [6.45, 7) is 0.388. The highest BCUT2D eigenvalue weighted by Gasteiger charge is 2.38. The van der Waals surface area contributed by atoms with Crippen molar-refractivity contribution in [2.24, 2.45) is 5.92 Å². The van der Waals surface area contributed by atoms with E-state index in [2.05, 4.69) is 17.4 Å². The molecule has 0 radical (unpaired) electrons. The molecule has 1 saturated heterocycles. The fraction of sp³-hybridized carbons (Fsp3) is 0.529. The molecule has 1 aromatic rings. The number of hydrogen-bond acceptors (Lipinski definition) is 4. The number of nitrogens with one attached hydrogen (secondary N) is 1. The SMILES string of the molecule is CS(=O)(=O)CC[C@H]1NC(=O)N(CCC2Cc3ccccc3C2)C1=O. The molecule has 0 unspecified atom stereocenters. The highest BCUT2D eigenvalue weighted by atomic mass is 32.2. The number of benzene rings is 1. The van der Waals surface area contributed by atoms with Crippen LogP contribution >= 0.6 is 0 Å². The highest BCUT2D eigenvalue weighted by Crippen LogP contribution is 2.29. The number of nitrogens with zero attached hydrogens (tertiary/aromatic N) is 1. The lowest BCUT2D eigenvalue weighted by Crippen LogP contribution is -2.33. The average molecular weight is 350 g/mol. The second-order valence-electron chi connectivity index (χ2n) is 6.74. The third kappa shape index (κ3) is 3.77. The zero-order valence-electron chi connectivity index (χ0n) is 13.7. The molecule has 0 spiro atoms. The molecule has 0 saturated carbocycles. The van der Waals surface area contributed by atoms with Gasteiger partial charge in [0.2, 0.25) is 0 Å². The molecule has 130 valence electrons. The van der Waals surface area contributed by atoms with Gasteiger partial charge in [-0.1, -0.05) is 24.3 Å². The Balaban J connectivity index is 1.53. The number of rotatable bonds is 6. The molecule has 1 heterocycles. The van der Waals surface area contributed by atoms with E-state index in [1.807, 2.05) is 12.1 Å². The number of carbonyl (C=O) groups excluding carboxylic acids is 2. The Kier molecular flexibility index (Phi) is 4.62. The van der Waals surface area contributed by atoms with Gasteiger partial charge >= 0.3 is 6.03 Å². The van der Waals surface area contributed by atoms with E-state index in [0.717, 1.165) is 25.5 Å². The van der Waals surface area contributed by atoms with Gasteiger partial charge in [-0.25, -0.2) is 13.2 Å². The van der Waals surface area contributed by atoms with E-state index in [-0.39, 0.29) is 18.1 Å². The van der Waals surface area contributed by atoms with Crippen molar-refractivity contribution in [1.29, 1.82) is 0 Å². The average Bonchev–Trinajstić information content (AvgIpc) is 3.03. The van der Waals surface area contributed by atoms with Crippen LogP contribution in [0.2, 0.25) is 0 Å². The number of carbonyl (C=O) groups is 2. The van der Waals surface area contributed by atoms with E-state index >= 15 is 0 Å². The topological polar surface area (TPSA) is 83.6 Å². The predicted octanol–water partition coefficient (Wildman–Crippen LogP) is 1.15. The second kappa shape index (κ2) is 6.55. The molecule has 7 heteroatoms. The first kappa shape index (κ1) is 17.0. The van der Waals surface area contributed by atoms with E-state index in [1.54, 1.807) is 0 Å². The summed E-state index contributed by atoms with van der Waals surface area (Å²) in [4.78, 5) is 25.5. The van der Waals surface area contributed by atoms with Gasteiger partial charge < -0.3 is 5.32 Å². The minimum absolute atomic E-state index is 0.102. The van der Waals surface area contributed by atoms with Crippen molar-refractivity contribution in [3.8, 4) is 0 Å². The van der Waals surface area contributed by atoms with Crippen molar-refractivity contribution >= 4 is 21.8 Å². The molecule has 24 heavy (non-hydrogen) atoms. The van der Waals surface area contributed by atoms with Crippen LogP contribution in [0.5, 0.6) is 0 Å². The number of urea groups is 1. The zero-order chi connectivity index (χ0) is 17.3. The monoisotopic (exact) mass is 350 g/mol. The van der Waals surface area contributed by atoms with Gasteiger partial charge in [-0.15, -0.1) is 0 Å². The molecule has 1 aliphatic heterocycles. The predicted molar refractivity (Wildman–Crippen MR) is 90.3 cm³/mol. The Bertz CT molecular complexity index is 735. The van der Waals surface area contributed by atoms with E-state index in [1.165, 1.54) is 16.0 Å². The molecule has 3 amide bonds. The first-order valence-electron chi connectivity index (χ1n) is 8.20.